The minimum Gasteiger partial charge on any atom is -0.452 e. The number of hydrogen-bond acceptors (Lipinski definition) is 6. The van der Waals surface area contributed by atoms with Crippen molar-refractivity contribution >= 4 is 27.6 Å². The highest BCUT2D eigenvalue weighted by Crippen LogP contribution is 2.15. The number of carbonyl (C=O) groups is 2. The summed E-state index contributed by atoms with van der Waals surface area (Å²) in [6.07, 6.45) is -1.61. The molecule has 0 unspecified atom stereocenters. The van der Waals surface area contributed by atoms with Crippen molar-refractivity contribution in [2.75, 3.05) is 11.9 Å². The first-order valence-corrected chi connectivity index (χ1v) is 10.1. The van der Waals surface area contributed by atoms with Crippen LogP contribution in [0, 0.1) is 23.0 Å². The van der Waals surface area contributed by atoms with E-state index in [0.29, 0.717) is 12.1 Å². The summed E-state index contributed by atoms with van der Waals surface area (Å²) >= 11 is 0. The third-order valence-electron chi connectivity index (χ3n) is 3.81. The van der Waals surface area contributed by atoms with Crippen LogP contribution in [0.2, 0.25) is 0 Å². The second-order valence-electron chi connectivity index (χ2n) is 6.00. The maximum absolute atomic E-state index is 13.2. The third kappa shape index (κ3) is 6.07. The molecule has 0 aliphatic rings. The smallest absolute Gasteiger partial charge is 0.307 e. The minimum atomic E-state index is -4.16. The number of sulfonamides is 1. The Morgan fingerprint density at radius 3 is 2.53 bits per heavy atom. The van der Waals surface area contributed by atoms with Gasteiger partial charge in [-0.3, -0.25) is 9.59 Å². The van der Waals surface area contributed by atoms with Gasteiger partial charge in [0, 0.05) is 6.54 Å². The molecule has 0 heterocycles. The van der Waals surface area contributed by atoms with E-state index >= 15 is 0 Å². The molecule has 0 radical (unpaired) electrons. The average molecular weight is 437 g/mol. The largest absolute Gasteiger partial charge is 0.452 e. The van der Waals surface area contributed by atoms with Crippen molar-refractivity contribution in [2.45, 2.75) is 24.3 Å². The maximum Gasteiger partial charge on any atom is 0.307 e. The van der Waals surface area contributed by atoms with Gasteiger partial charge in [0.05, 0.1) is 22.6 Å². The number of benzene rings is 2. The molecule has 2 aromatic carbocycles. The van der Waals surface area contributed by atoms with E-state index < -0.39 is 51.0 Å². The average Bonchev–Trinajstić information content (AvgIpc) is 2.70. The molecule has 11 heteroatoms. The van der Waals surface area contributed by atoms with Crippen molar-refractivity contribution in [1.82, 2.24) is 4.72 Å². The predicted octanol–water partition coefficient (Wildman–Crippen LogP) is 2.08. The molecular weight excluding hydrogens is 420 g/mol. The van der Waals surface area contributed by atoms with Gasteiger partial charge in [-0.2, -0.15) is 5.26 Å². The number of carbonyl (C=O) groups excluding carboxylic acids is 2. The fourth-order valence-corrected chi connectivity index (χ4v) is 3.29. The fraction of sp³-hybridized carbons (Fsp3) is 0.211. The highest BCUT2D eigenvalue weighted by atomic mass is 32.2. The summed E-state index contributed by atoms with van der Waals surface area (Å²) in [5.41, 5.74) is 0.489. The number of amides is 1. The van der Waals surface area contributed by atoms with E-state index in [1.165, 1.54) is 19.1 Å². The number of hydrogen-bond donors (Lipinski definition) is 2. The quantitative estimate of drug-likeness (QED) is 0.609. The zero-order valence-corrected chi connectivity index (χ0v) is 16.5. The van der Waals surface area contributed by atoms with Gasteiger partial charge >= 0.3 is 5.97 Å². The van der Waals surface area contributed by atoms with Crippen molar-refractivity contribution in [2.24, 2.45) is 0 Å². The lowest BCUT2D eigenvalue weighted by Gasteiger charge is -2.14. The number of anilines is 1. The highest BCUT2D eigenvalue weighted by Gasteiger charge is 2.20. The first-order chi connectivity index (χ1) is 14.1. The van der Waals surface area contributed by atoms with E-state index in [2.05, 4.69) is 10.0 Å². The van der Waals surface area contributed by atoms with Crippen LogP contribution in [0.1, 0.15) is 18.9 Å². The van der Waals surface area contributed by atoms with Crippen molar-refractivity contribution < 1.29 is 31.5 Å². The Kier molecular flexibility index (Phi) is 7.57. The van der Waals surface area contributed by atoms with Crippen LogP contribution in [0.4, 0.5) is 14.5 Å². The lowest BCUT2D eigenvalue weighted by Crippen LogP contribution is -2.32. The monoisotopic (exact) mass is 437 g/mol. The van der Waals surface area contributed by atoms with Gasteiger partial charge in [-0.25, -0.2) is 21.9 Å². The van der Waals surface area contributed by atoms with Crippen LogP contribution in [0.5, 0.6) is 0 Å². The molecule has 30 heavy (non-hydrogen) atoms. The number of esters is 1. The zero-order valence-electron chi connectivity index (χ0n) is 15.7. The molecule has 0 aliphatic carbocycles. The van der Waals surface area contributed by atoms with Crippen LogP contribution in [-0.4, -0.2) is 32.9 Å². The number of nitrogens with one attached hydrogen (secondary N) is 2. The number of nitriles is 1. The summed E-state index contributed by atoms with van der Waals surface area (Å²) in [4.78, 5) is 23.5. The van der Waals surface area contributed by atoms with Gasteiger partial charge < -0.3 is 10.1 Å². The first kappa shape index (κ1) is 22.9. The molecule has 1 atom stereocenters. The van der Waals surface area contributed by atoms with Gasteiger partial charge in [-0.15, -0.1) is 0 Å². The summed E-state index contributed by atoms with van der Waals surface area (Å²) in [6, 6.07) is 10.2. The molecule has 0 aromatic heterocycles. The number of ether oxygens (including phenoxy) is 1. The Labute approximate surface area is 171 Å². The van der Waals surface area contributed by atoms with E-state index in [1.54, 1.807) is 12.1 Å². The number of rotatable bonds is 8. The van der Waals surface area contributed by atoms with E-state index in [9.17, 15) is 26.8 Å². The molecule has 2 aromatic rings. The van der Waals surface area contributed by atoms with E-state index in [0.717, 1.165) is 6.07 Å². The van der Waals surface area contributed by atoms with Crippen LogP contribution in [-0.2, 0) is 24.3 Å². The normalized spacial score (nSPS) is 11.9. The Morgan fingerprint density at radius 2 is 1.87 bits per heavy atom. The SMILES string of the molecule is C[C@@H](OC(=O)CCNS(=O)(=O)c1ccc(F)c(F)c1)C(=O)Nc1ccccc1C#N. The van der Waals surface area contributed by atoms with Crippen LogP contribution in [0.15, 0.2) is 47.4 Å². The van der Waals surface area contributed by atoms with Crippen molar-refractivity contribution in [1.29, 1.82) is 5.26 Å². The van der Waals surface area contributed by atoms with Crippen LogP contribution < -0.4 is 10.0 Å². The number of nitrogens with zero attached hydrogens (tertiary/aromatic N) is 1. The molecule has 0 spiro atoms. The Bertz CT molecular complexity index is 1100. The van der Waals surface area contributed by atoms with Gasteiger partial charge in [0.25, 0.3) is 5.91 Å². The van der Waals surface area contributed by atoms with Crippen LogP contribution in [0.25, 0.3) is 0 Å². The zero-order chi connectivity index (χ0) is 22.3. The summed E-state index contributed by atoms with van der Waals surface area (Å²) in [6.45, 7) is 0.930. The standard InChI is InChI=1S/C19H17F2N3O5S/c1-12(19(26)24-17-5-3-2-4-13(17)11-22)29-18(25)8-9-23-30(27,28)14-6-7-15(20)16(21)10-14/h2-7,10,12,23H,8-9H2,1H3,(H,24,26)/t12-/m1/s1. The van der Waals surface area contributed by atoms with Gasteiger partial charge in [0.2, 0.25) is 10.0 Å². The topological polar surface area (TPSA) is 125 Å². The number of halogens is 2. The Balaban J connectivity index is 1.85. The molecule has 1 amide bonds. The van der Waals surface area contributed by atoms with Gasteiger partial charge in [0.15, 0.2) is 17.7 Å². The summed E-state index contributed by atoms with van der Waals surface area (Å²) in [7, 11) is -4.16. The fourth-order valence-electron chi connectivity index (χ4n) is 2.25. The molecule has 158 valence electrons. The third-order valence-corrected chi connectivity index (χ3v) is 5.26. The molecule has 0 saturated carbocycles. The second kappa shape index (κ2) is 9.91. The summed E-state index contributed by atoms with van der Waals surface area (Å²) in [5.74, 6) is -4.05. The molecule has 0 aliphatic heterocycles. The lowest BCUT2D eigenvalue weighted by molar-refractivity contribution is -0.152. The second-order valence-corrected chi connectivity index (χ2v) is 7.77. The molecule has 0 fully saturated rings. The summed E-state index contributed by atoms with van der Waals surface area (Å²) < 4.78 is 57.1. The Morgan fingerprint density at radius 1 is 1.17 bits per heavy atom. The molecule has 2 rings (SSSR count). The summed E-state index contributed by atoms with van der Waals surface area (Å²) in [5, 5.41) is 11.5. The molecule has 2 N–H and O–H groups in total. The number of para-hydroxylation sites is 1. The van der Waals surface area contributed by atoms with Crippen LogP contribution >= 0.6 is 0 Å². The van der Waals surface area contributed by atoms with E-state index in [4.69, 9.17) is 10.00 Å². The van der Waals surface area contributed by atoms with E-state index in [1.807, 2.05) is 6.07 Å². The van der Waals surface area contributed by atoms with Crippen molar-refractivity contribution in [3.8, 4) is 6.07 Å². The van der Waals surface area contributed by atoms with E-state index in [-0.39, 0.29) is 17.8 Å². The molecular formula is C19H17F2N3O5S. The van der Waals surface area contributed by atoms with Gasteiger partial charge in [-0.1, -0.05) is 12.1 Å². The predicted molar refractivity (Wildman–Crippen MR) is 102 cm³/mol. The lowest BCUT2D eigenvalue weighted by atomic mass is 10.2. The minimum absolute atomic E-state index is 0.232. The molecule has 0 saturated heterocycles. The van der Waals surface area contributed by atoms with Crippen molar-refractivity contribution in [3.05, 3.63) is 59.7 Å². The maximum atomic E-state index is 13.2. The van der Waals surface area contributed by atoms with Gasteiger partial charge in [-0.05, 0) is 37.3 Å². The van der Waals surface area contributed by atoms with Gasteiger partial charge in [0.1, 0.15) is 6.07 Å². The first-order valence-electron chi connectivity index (χ1n) is 8.58. The molecule has 0 bridgehead atoms. The van der Waals surface area contributed by atoms with Crippen molar-refractivity contribution in [3.63, 3.8) is 0 Å². The van der Waals surface area contributed by atoms with Crippen LogP contribution in [0.3, 0.4) is 0 Å². The highest BCUT2D eigenvalue weighted by molar-refractivity contribution is 7.89. The molecule has 8 nitrogen and oxygen atoms in total. The Hall–Kier alpha value is -3.36.